The van der Waals surface area contributed by atoms with Crippen LogP contribution in [0.2, 0.25) is 0 Å². The molecule has 1 amide bonds. The van der Waals surface area contributed by atoms with Crippen molar-refractivity contribution in [2.75, 3.05) is 0 Å². The molecule has 0 spiro atoms. The minimum atomic E-state index is -4.18. The van der Waals surface area contributed by atoms with Crippen LogP contribution in [0.25, 0.3) is 0 Å². The van der Waals surface area contributed by atoms with E-state index in [0.717, 1.165) is 28.1 Å². The maximum absolute atomic E-state index is 13.9. The highest BCUT2D eigenvalue weighted by atomic mass is 32.2. The number of sulfonamides is 1. The lowest BCUT2D eigenvalue weighted by atomic mass is 10.0. The van der Waals surface area contributed by atoms with Gasteiger partial charge in [-0.25, -0.2) is 12.8 Å². The number of hydrogen-bond acceptors (Lipinski definition) is 4. The van der Waals surface area contributed by atoms with E-state index in [1.54, 1.807) is 0 Å². The summed E-state index contributed by atoms with van der Waals surface area (Å²) in [4.78, 5) is 13.2. The van der Waals surface area contributed by atoms with Gasteiger partial charge < -0.3 is 5.32 Å². The van der Waals surface area contributed by atoms with Crippen molar-refractivity contribution in [1.29, 1.82) is 0 Å². The average molecular weight is 433 g/mol. The number of hydrogen-bond donors (Lipinski definition) is 2. The van der Waals surface area contributed by atoms with Crippen molar-refractivity contribution < 1.29 is 17.6 Å². The van der Waals surface area contributed by atoms with Gasteiger partial charge in [0.1, 0.15) is 10.7 Å². The van der Waals surface area contributed by atoms with Gasteiger partial charge >= 0.3 is 0 Å². The van der Waals surface area contributed by atoms with E-state index < -0.39 is 38.7 Å². The molecule has 0 aliphatic heterocycles. The summed E-state index contributed by atoms with van der Waals surface area (Å²) in [5.41, 5.74) is 1.98. The van der Waals surface area contributed by atoms with E-state index in [-0.39, 0.29) is 0 Å². The second-order valence-electron chi connectivity index (χ2n) is 6.64. The number of benzene rings is 2. The lowest BCUT2D eigenvalue weighted by Gasteiger charge is -2.21. The summed E-state index contributed by atoms with van der Waals surface area (Å²) in [6.45, 7) is 3.40. The molecular formula is C21H21FN2O3S2. The largest absolute Gasteiger partial charge is 0.343 e. The smallest absolute Gasteiger partial charge is 0.244 e. The quantitative estimate of drug-likeness (QED) is 0.597. The first-order chi connectivity index (χ1) is 13.8. The van der Waals surface area contributed by atoms with Crippen LogP contribution in [0.15, 0.2) is 70.9 Å². The fraction of sp³-hybridized carbons (Fsp3) is 0.190. The van der Waals surface area contributed by atoms with Gasteiger partial charge in [-0.2, -0.15) is 4.72 Å². The van der Waals surface area contributed by atoms with Gasteiger partial charge in [0.25, 0.3) is 0 Å². The Labute approximate surface area is 173 Å². The molecule has 3 aromatic rings. The summed E-state index contributed by atoms with van der Waals surface area (Å²) in [5.74, 6) is -1.38. The first-order valence-electron chi connectivity index (χ1n) is 8.95. The molecule has 1 heterocycles. The van der Waals surface area contributed by atoms with Gasteiger partial charge in [0, 0.05) is 4.88 Å². The molecule has 152 valence electrons. The molecule has 3 rings (SSSR count). The van der Waals surface area contributed by atoms with Gasteiger partial charge in [-0.15, -0.1) is 11.3 Å². The molecule has 0 bridgehead atoms. The second-order valence-corrected chi connectivity index (χ2v) is 9.30. The second kappa shape index (κ2) is 8.86. The fourth-order valence-electron chi connectivity index (χ4n) is 2.81. The molecule has 2 atom stereocenters. The molecular weight excluding hydrogens is 411 g/mol. The van der Waals surface area contributed by atoms with Crippen molar-refractivity contribution in [3.63, 3.8) is 0 Å². The standard InChI is InChI=1S/C21H21FN2O3S2/c1-14-9-11-16(12-10-14)20(18-7-5-13-28-18)23-21(25)15(2)24-29(26,27)19-8-4-3-6-17(19)22/h3-13,15,20,24H,1-2H3,(H,23,25)/t15-,20+/m1/s1. The molecule has 1 aromatic heterocycles. The lowest BCUT2D eigenvalue weighted by Crippen LogP contribution is -2.46. The first kappa shape index (κ1) is 21.2. The molecule has 0 radical (unpaired) electrons. The lowest BCUT2D eigenvalue weighted by molar-refractivity contribution is -0.122. The van der Waals surface area contributed by atoms with Crippen LogP contribution in [0.5, 0.6) is 0 Å². The highest BCUT2D eigenvalue weighted by Gasteiger charge is 2.27. The van der Waals surface area contributed by atoms with Crippen LogP contribution in [0.1, 0.15) is 29.0 Å². The molecule has 0 unspecified atom stereocenters. The van der Waals surface area contributed by atoms with Crippen molar-refractivity contribution in [3.8, 4) is 0 Å². The molecule has 0 saturated heterocycles. The number of carbonyl (C=O) groups excluding carboxylic acids is 1. The van der Waals surface area contributed by atoms with Crippen molar-refractivity contribution in [1.82, 2.24) is 10.0 Å². The number of amides is 1. The molecule has 8 heteroatoms. The van der Waals surface area contributed by atoms with E-state index in [9.17, 15) is 17.6 Å². The van der Waals surface area contributed by atoms with E-state index in [4.69, 9.17) is 0 Å². The van der Waals surface area contributed by atoms with Crippen molar-refractivity contribution >= 4 is 27.3 Å². The van der Waals surface area contributed by atoms with Crippen molar-refractivity contribution in [2.24, 2.45) is 0 Å². The zero-order chi connectivity index (χ0) is 21.0. The molecule has 0 saturated carbocycles. The Morgan fingerprint density at radius 3 is 2.34 bits per heavy atom. The molecule has 0 aliphatic carbocycles. The van der Waals surface area contributed by atoms with Gasteiger partial charge in [0.15, 0.2) is 0 Å². The van der Waals surface area contributed by atoms with E-state index in [1.807, 2.05) is 48.7 Å². The number of carbonyl (C=O) groups is 1. The minimum absolute atomic E-state index is 0.413. The normalized spacial score (nSPS) is 13.6. The summed E-state index contributed by atoms with van der Waals surface area (Å²) in [6.07, 6.45) is 0. The van der Waals surface area contributed by atoms with Gasteiger partial charge in [0.2, 0.25) is 15.9 Å². The highest BCUT2D eigenvalue weighted by Crippen LogP contribution is 2.26. The molecule has 0 aliphatic rings. The topological polar surface area (TPSA) is 75.3 Å². The Bertz CT molecular complexity index is 1080. The van der Waals surface area contributed by atoms with Crippen LogP contribution >= 0.6 is 11.3 Å². The van der Waals surface area contributed by atoms with E-state index >= 15 is 0 Å². The molecule has 5 nitrogen and oxygen atoms in total. The summed E-state index contributed by atoms with van der Waals surface area (Å²) < 4.78 is 41.0. The zero-order valence-corrected chi connectivity index (χ0v) is 17.6. The van der Waals surface area contributed by atoms with E-state index in [1.165, 1.54) is 30.4 Å². The summed E-state index contributed by atoms with van der Waals surface area (Å²) in [6, 6.07) is 15.1. The van der Waals surface area contributed by atoms with Crippen molar-refractivity contribution in [3.05, 3.63) is 87.9 Å². The number of aryl methyl sites for hydroxylation is 1. The predicted molar refractivity (Wildman–Crippen MR) is 112 cm³/mol. The van der Waals surface area contributed by atoms with Gasteiger partial charge in [-0.1, -0.05) is 48.0 Å². The van der Waals surface area contributed by atoms with Gasteiger partial charge in [-0.3, -0.25) is 4.79 Å². The number of thiophene rings is 1. The van der Waals surface area contributed by atoms with Crippen molar-refractivity contribution in [2.45, 2.75) is 30.8 Å². The third-order valence-electron chi connectivity index (χ3n) is 4.38. The van der Waals surface area contributed by atoms with E-state index in [2.05, 4.69) is 10.0 Å². The summed E-state index contributed by atoms with van der Waals surface area (Å²) in [5, 5.41) is 4.80. The third kappa shape index (κ3) is 5.09. The Kier molecular flexibility index (Phi) is 6.46. The van der Waals surface area contributed by atoms with E-state index in [0.29, 0.717) is 0 Å². The SMILES string of the molecule is Cc1ccc([C@H](NC(=O)[C@@H](C)NS(=O)(=O)c2ccccc2F)c2cccs2)cc1. The van der Waals surface area contributed by atoms with Crippen LogP contribution in [0.4, 0.5) is 4.39 Å². The van der Waals surface area contributed by atoms with Crippen LogP contribution in [-0.4, -0.2) is 20.4 Å². The predicted octanol–water partition coefficient (Wildman–Crippen LogP) is 3.77. The number of nitrogens with one attached hydrogen (secondary N) is 2. The fourth-order valence-corrected chi connectivity index (χ4v) is 4.90. The molecule has 0 fully saturated rings. The van der Waals surface area contributed by atoms with Crippen LogP contribution in [0, 0.1) is 12.7 Å². The minimum Gasteiger partial charge on any atom is -0.343 e. The van der Waals surface area contributed by atoms with Gasteiger partial charge in [0.05, 0.1) is 12.1 Å². The first-order valence-corrected chi connectivity index (χ1v) is 11.3. The van der Waals surface area contributed by atoms with Crippen LogP contribution in [0.3, 0.4) is 0 Å². The Hall–Kier alpha value is -2.55. The van der Waals surface area contributed by atoms with Crippen LogP contribution in [-0.2, 0) is 14.8 Å². The average Bonchev–Trinajstić information content (AvgIpc) is 3.21. The monoisotopic (exact) mass is 432 g/mol. The zero-order valence-electron chi connectivity index (χ0n) is 15.9. The summed E-state index contributed by atoms with van der Waals surface area (Å²) >= 11 is 1.49. The molecule has 29 heavy (non-hydrogen) atoms. The molecule has 2 N–H and O–H groups in total. The molecule has 2 aromatic carbocycles. The number of halogens is 1. The number of rotatable bonds is 7. The Morgan fingerprint density at radius 2 is 1.72 bits per heavy atom. The maximum atomic E-state index is 13.9. The van der Waals surface area contributed by atoms with Crippen LogP contribution < -0.4 is 10.0 Å². The Morgan fingerprint density at radius 1 is 1.03 bits per heavy atom. The van der Waals surface area contributed by atoms with Gasteiger partial charge in [-0.05, 0) is 43.0 Å². The highest BCUT2D eigenvalue weighted by molar-refractivity contribution is 7.89. The maximum Gasteiger partial charge on any atom is 0.244 e. The Balaban J connectivity index is 1.79. The third-order valence-corrected chi connectivity index (χ3v) is 6.89. The summed E-state index contributed by atoms with van der Waals surface area (Å²) in [7, 11) is -4.18.